The van der Waals surface area contributed by atoms with Crippen molar-refractivity contribution in [1.82, 2.24) is 4.57 Å². The van der Waals surface area contributed by atoms with Crippen molar-refractivity contribution in [2.75, 3.05) is 9.80 Å². The second kappa shape index (κ2) is 13.1. The summed E-state index contributed by atoms with van der Waals surface area (Å²) in [5.41, 5.74) is 11.4. The predicted molar refractivity (Wildman–Crippen MR) is 235 cm³/mol. The Kier molecular flexibility index (Phi) is 7.46. The van der Waals surface area contributed by atoms with Crippen LogP contribution in [0.5, 0.6) is 0 Å². The minimum absolute atomic E-state index is 0.862. The number of para-hydroxylation sites is 5. The molecule has 0 bridgehead atoms. The smallest absolute Gasteiger partial charge is 0.137 e. The Morgan fingerprint density at radius 3 is 1.48 bits per heavy atom. The number of furan rings is 1. The average molecular weight is 718 g/mol. The lowest BCUT2D eigenvalue weighted by Gasteiger charge is -2.30. The van der Waals surface area contributed by atoms with Crippen LogP contribution in [-0.4, -0.2) is 4.57 Å². The molecule has 9 aromatic carbocycles. The maximum Gasteiger partial charge on any atom is 0.137 e. The summed E-state index contributed by atoms with van der Waals surface area (Å²) in [7, 11) is 0. The van der Waals surface area contributed by atoms with Crippen molar-refractivity contribution in [1.29, 1.82) is 0 Å². The number of fused-ring (bicyclic) bond motifs is 7. The lowest BCUT2D eigenvalue weighted by molar-refractivity contribution is 0.668. The second-order valence-corrected chi connectivity index (χ2v) is 14.2. The fraction of sp³-hybridized carbons (Fsp3) is 0. The van der Waals surface area contributed by atoms with Gasteiger partial charge in [0, 0.05) is 56.0 Å². The third-order valence-corrected chi connectivity index (χ3v) is 10.9. The molecule has 0 unspecified atom stereocenters. The number of hydrogen-bond donors (Lipinski definition) is 0. The number of aromatic nitrogens is 1. The molecule has 11 aromatic rings. The van der Waals surface area contributed by atoms with Gasteiger partial charge in [-0.05, 0) is 102 Å². The minimum Gasteiger partial charge on any atom is -0.456 e. The highest BCUT2D eigenvalue weighted by molar-refractivity contribution is 6.20. The fourth-order valence-corrected chi connectivity index (χ4v) is 8.41. The molecule has 0 aliphatic rings. The zero-order chi connectivity index (χ0) is 37.0. The maximum absolute atomic E-state index is 6.51. The van der Waals surface area contributed by atoms with Crippen LogP contribution in [0.15, 0.2) is 217 Å². The van der Waals surface area contributed by atoms with Crippen LogP contribution in [0.25, 0.3) is 60.2 Å². The first-order valence-corrected chi connectivity index (χ1v) is 19.0. The molecule has 4 heteroatoms. The normalized spacial score (nSPS) is 11.6. The van der Waals surface area contributed by atoms with E-state index in [4.69, 9.17) is 4.42 Å². The summed E-state index contributed by atoms with van der Waals surface area (Å²) in [5.74, 6) is 0. The van der Waals surface area contributed by atoms with Gasteiger partial charge in [-0.2, -0.15) is 0 Å². The quantitative estimate of drug-likeness (QED) is 0.164. The third kappa shape index (κ3) is 5.23. The minimum atomic E-state index is 0.862. The van der Waals surface area contributed by atoms with Gasteiger partial charge in [0.25, 0.3) is 0 Å². The number of anilines is 6. The highest BCUT2D eigenvalue weighted by Gasteiger charge is 2.25. The van der Waals surface area contributed by atoms with Crippen molar-refractivity contribution in [3.63, 3.8) is 0 Å². The topological polar surface area (TPSA) is 24.6 Å². The zero-order valence-electron chi connectivity index (χ0n) is 30.5. The van der Waals surface area contributed by atoms with Gasteiger partial charge in [-0.1, -0.05) is 115 Å². The molecule has 2 heterocycles. The Morgan fingerprint density at radius 1 is 0.339 bits per heavy atom. The summed E-state index contributed by atoms with van der Waals surface area (Å²) in [5, 5.41) is 6.95. The molecule has 0 atom stereocenters. The van der Waals surface area contributed by atoms with Gasteiger partial charge in [-0.25, -0.2) is 0 Å². The summed E-state index contributed by atoms with van der Waals surface area (Å²) in [6.45, 7) is 0. The Labute approximate surface area is 324 Å². The molecule has 264 valence electrons. The lowest BCUT2D eigenvalue weighted by atomic mass is 10.0. The van der Waals surface area contributed by atoms with Gasteiger partial charge in [0.05, 0.1) is 22.4 Å². The van der Waals surface area contributed by atoms with E-state index in [-0.39, 0.29) is 0 Å². The first-order valence-electron chi connectivity index (χ1n) is 19.0. The highest BCUT2D eigenvalue weighted by atomic mass is 16.3. The van der Waals surface area contributed by atoms with E-state index in [9.17, 15) is 0 Å². The van der Waals surface area contributed by atoms with Crippen molar-refractivity contribution < 1.29 is 4.42 Å². The molecule has 0 radical (unpaired) electrons. The van der Waals surface area contributed by atoms with Gasteiger partial charge in [0.1, 0.15) is 11.2 Å². The Hall–Kier alpha value is -7.56. The summed E-state index contributed by atoms with van der Waals surface area (Å²) in [4.78, 5) is 4.76. The lowest BCUT2D eigenvalue weighted by Crippen LogP contribution is -2.14. The number of hydrogen-bond acceptors (Lipinski definition) is 3. The van der Waals surface area contributed by atoms with Crippen molar-refractivity contribution >= 4 is 88.6 Å². The van der Waals surface area contributed by atoms with Gasteiger partial charge in [0.2, 0.25) is 0 Å². The fourth-order valence-electron chi connectivity index (χ4n) is 8.41. The molecule has 0 saturated carbocycles. The van der Waals surface area contributed by atoms with Gasteiger partial charge < -0.3 is 18.8 Å². The van der Waals surface area contributed by atoms with Crippen LogP contribution in [0.1, 0.15) is 0 Å². The molecule has 0 spiro atoms. The maximum atomic E-state index is 6.51. The molecule has 0 aliphatic carbocycles. The Bertz CT molecular complexity index is 3110. The van der Waals surface area contributed by atoms with E-state index in [1.165, 1.54) is 16.2 Å². The van der Waals surface area contributed by atoms with Crippen LogP contribution in [0, 0.1) is 0 Å². The van der Waals surface area contributed by atoms with Crippen LogP contribution in [0.4, 0.5) is 34.1 Å². The molecule has 11 rings (SSSR count). The number of benzene rings is 9. The van der Waals surface area contributed by atoms with Crippen LogP contribution in [0.3, 0.4) is 0 Å². The molecule has 0 aliphatic heterocycles. The Balaban J connectivity index is 1.31. The Morgan fingerprint density at radius 2 is 0.857 bits per heavy atom. The molecule has 0 amide bonds. The van der Waals surface area contributed by atoms with E-state index in [1.807, 2.05) is 12.1 Å². The second-order valence-electron chi connectivity index (χ2n) is 14.2. The van der Waals surface area contributed by atoms with E-state index in [0.29, 0.717) is 0 Å². The first kappa shape index (κ1) is 31.9. The molecule has 2 aromatic heterocycles. The monoisotopic (exact) mass is 717 g/mol. The number of nitrogens with zero attached hydrogens (tertiary/aromatic N) is 3. The molecule has 0 saturated heterocycles. The largest absolute Gasteiger partial charge is 0.456 e. The molecule has 0 N–H and O–H groups in total. The summed E-state index contributed by atoms with van der Waals surface area (Å²) in [6, 6.07) is 75.8. The van der Waals surface area contributed by atoms with E-state index in [0.717, 1.165) is 78.2 Å². The predicted octanol–water partition coefficient (Wildman–Crippen LogP) is 14.8. The average Bonchev–Trinajstić information content (AvgIpc) is 3.79. The third-order valence-electron chi connectivity index (χ3n) is 10.9. The first-order chi connectivity index (χ1) is 27.8. The molecule has 56 heavy (non-hydrogen) atoms. The van der Waals surface area contributed by atoms with Gasteiger partial charge in [-0.3, -0.25) is 0 Å². The van der Waals surface area contributed by atoms with Crippen molar-refractivity contribution in [2.45, 2.75) is 0 Å². The van der Waals surface area contributed by atoms with E-state index in [2.05, 4.69) is 215 Å². The molecular formula is C52H35N3O. The van der Waals surface area contributed by atoms with E-state index >= 15 is 0 Å². The summed E-state index contributed by atoms with van der Waals surface area (Å²) in [6.07, 6.45) is 0. The SMILES string of the molecule is c1ccc(N(c2ccccc2)c2cc(N(c3ccccc3)c3ccccc3)c3c4cc5ccccc5cc4n(-c4ccc5c(c4)oc4ccccc45)c3c2)cc1. The molecular weight excluding hydrogens is 683 g/mol. The van der Waals surface area contributed by atoms with Crippen LogP contribution >= 0.6 is 0 Å². The highest BCUT2D eigenvalue weighted by Crippen LogP contribution is 2.49. The van der Waals surface area contributed by atoms with Crippen LogP contribution in [0.2, 0.25) is 0 Å². The number of rotatable bonds is 7. The van der Waals surface area contributed by atoms with Crippen LogP contribution in [-0.2, 0) is 0 Å². The summed E-state index contributed by atoms with van der Waals surface area (Å²) < 4.78 is 8.94. The molecule has 0 fully saturated rings. The van der Waals surface area contributed by atoms with Gasteiger partial charge in [-0.15, -0.1) is 0 Å². The van der Waals surface area contributed by atoms with Gasteiger partial charge >= 0.3 is 0 Å². The van der Waals surface area contributed by atoms with Crippen molar-refractivity contribution in [3.8, 4) is 5.69 Å². The van der Waals surface area contributed by atoms with Crippen LogP contribution < -0.4 is 9.80 Å². The standard InChI is InChI=1S/C52H35N3O/c1-5-19-38(20-6-1)53(39-21-7-2-8-22-39)43-33-48(54(40-23-9-3-10-24-40)41-25-11-4-12-26-41)52-46-31-36-17-13-14-18-37(36)32-47(46)55(49(52)34-43)42-29-30-45-44-27-15-16-28-50(44)56-51(45)35-42/h1-35H. The van der Waals surface area contributed by atoms with E-state index in [1.54, 1.807) is 0 Å². The summed E-state index contributed by atoms with van der Waals surface area (Å²) >= 11 is 0. The van der Waals surface area contributed by atoms with Gasteiger partial charge in [0.15, 0.2) is 0 Å². The van der Waals surface area contributed by atoms with Crippen molar-refractivity contribution in [3.05, 3.63) is 212 Å². The zero-order valence-corrected chi connectivity index (χ0v) is 30.5. The van der Waals surface area contributed by atoms with E-state index < -0.39 is 0 Å². The molecule has 4 nitrogen and oxygen atoms in total. The van der Waals surface area contributed by atoms with Crippen molar-refractivity contribution in [2.24, 2.45) is 0 Å².